The van der Waals surface area contributed by atoms with Crippen LogP contribution in [-0.4, -0.2) is 44.1 Å². The van der Waals surface area contributed by atoms with Gasteiger partial charge in [-0.15, -0.1) is 5.10 Å². The van der Waals surface area contributed by atoms with Crippen LogP contribution in [0.25, 0.3) is 0 Å². The molecule has 0 saturated heterocycles. The van der Waals surface area contributed by atoms with Crippen molar-refractivity contribution in [3.63, 3.8) is 0 Å². The predicted octanol–water partition coefficient (Wildman–Crippen LogP) is 1.69. The molecule has 140 valence electrons. The first-order chi connectivity index (χ1) is 12.3. The second-order valence-electron chi connectivity index (χ2n) is 7.83. The van der Waals surface area contributed by atoms with Gasteiger partial charge in [0.25, 0.3) is 11.8 Å². The Labute approximate surface area is 152 Å². The maximum absolute atomic E-state index is 12.2. The van der Waals surface area contributed by atoms with Crippen molar-refractivity contribution in [2.75, 3.05) is 6.54 Å². The van der Waals surface area contributed by atoms with Crippen LogP contribution >= 0.6 is 0 Å². The molecular formula is C18H26N6O2. The van der Waals surface area contributed by atoms with Gasteiger partial charge >= 0.3 is 0 Å². The lowest BCUT2D eigenvalue weighted by Gasteiger charge is -2.17. The molecule has 0 spiro atoms. The molecule has 1 aliphatic rings. The molecule has 0 bridgehead atoms. The standard InChI is InChI=1S/C18H26N6O2/c1-18(2,3)24-11-21-15(23-24)17(26)20-10-12-6-7-13(9-12)22-16(25)14-5-4-8-19-14/h4-5,8,11-13,19H,6-7,9-10H2,1-3H3,(H,20,26)(H,22,25). The zero-order valence-corrected chi connectivity index (χ0v) is 15.5. The summed E-state index contributed by atoms with van der Waals surface area (Å²) < 4.78 is 1.68. The Bertz CT molecular complexity index is 759. The summed E-state index contributed by atoms with van der Waals surface area (Å²) >= 11 is 0. The SMILES string of the molecule is CC(C)(C)n1cnc(C(=O)NCC2CCC(NC(=O)c3ccc[nH]3)C2)n1. The third-order valence-electron chi connectivity index (χ3n) is 4.65. The number of amides is 2. The molecule has 1 saturated carbocycles. The van der Waals surface area contributed by atoms with Gasteiger partial charge in [0.2, 0.25) is 5.82 Å². The molecule has 2 aromatic rings. The summed E-state index contributed by atoms with van der Waals surface area (Å²) in [6.45, 7) is 6.58. The van der Waals surface area contributed by atoms with E-state index in [2.05, 4.69) is 25.7 Å². The lowest BCUT2D eigenvalue weighted by atomic mass is 10.1. The van der Waals surface area contributed by atoms with Crippen molar-refractivity contribution in [2.24, 2.45) is 5.92 Å². The lowest BCUT2D eigenvalue weighted by molar-refractivity contribution is 0.0920. The normalized spacial score (nSPS) is 20.1. The van der Waals surface area contributed by atoms with Crippen molar-refractivity contribution >= 4 is 11.8 Å². The molecule has 1 fully saturated rings. The highest BCUT2D eigenvalue weighted by molar-refractivity contribution is 5.92. The molecule has 1 aliphatic carbocycles. The molecule has 2 atom stereocenters. The van der Waals surface area contributed by atoms with Crippen LogP contribution in [0.3, 0.4) is 0 Å². The van der Waals surface area contributed by atoms with E-state index in [0.717, 1.165) is 19.3 Å². The van der Waals surface area contributed by atoms with Gasteiger partial charge in [-0.05, 0) is 58.1 Å². The number of hydrogen-bond donors (Lipinski definition) is 3. The minimum absolute atomic E-state index is 0.0818. The summed E-state index contributed by atoms with van der Waals surface area (Å²) in [6, 6.07) is 3.70. The number of hydrogen-bond acceptors (Lipinski definition) is 4. The van der Waals surface area contributed by atoms with E-state index in [4.69, 9.17) is 0 Å². The highest BCUT2D eigenvalue weighted by Gasteiger charge is 2.27. The van der Waals surface area contributed by atoms with E-state index in [0.29, 0.717) is 18.2 Å². The quantitative estimate of drug-likeness (QED) is 0.756. The molecule has 26 heavy (non-hydrogen) atoms. The number of carbonyl (C=O) groups excluding carboxylic acids is 2. The van der Waals surface area contributed by atoms with Gasteiger partial charge < -0.3 is 15.6 Å². The van der Waals surface area contributed by atoms with Gasteiger partial charge in [-0.1, -0.05) is 0 Å². The van der Waals surface area contributed by atoms with Crippen molar-refractivity contribution in [1.82, 2.24) is 30.4 Å². The summed E-state index contributed by atoms with van der Waals surface area (Å²) in [4.78, 5) is 31.3. The number of aromatic nitrogens is 4. The van der Waals surface area contributed by atoms with Crippen LogP contribution in [0.4, 0.5) is 0 Å². The largest absolute Gasteiger partial charge is 0.357 e. The fraction of sp³-hybridized carbons (Fsp3) is 0.556. The van der Waals surface area contributed by atoms with E-state index in [1.807, 2.05) is 20.8 Å². The lowest BCUT2D eigenvalue weighted by Crippen LogP contribution is -2.34. The summed E-state index contributed by atoms with van der Waals surface area (Å²) in [5, 5.41) is 10.2. The number of aromatic amines is 1. The third-order valence-corrected chi connectivity index (χ3v) is 4.65. The van der Waals surface area contributed by atoms with Gasteiger partial charge in [0.15, 0.2) is 0 Å². The van der Waals surface area contributed by atoms with Gasteiger partial charge in [0, 0.05) is 18.8 Å². The van der Waals surface area contributed by atoms with Gasteiger partial charge in [-0.2, -0.15) is 0 Å². The van der Waals surface area contributed by atoms with Gasteiger partial charge in [-0.3, -0.25) is 9.59 Å². The van der Waals surface area contributed by atoms with Gasteiger partial charge in [0.1, 0.15) is 12.0 Å². The van der Waals surface area contributed by atoms with E-state index in [1.54, 1.807) is 29.3 Å². The zero-order valence-electron chi connectivity index (χ0n) is 15.5. The van der Waals surface area contributed by atoms with Crippen molar-refractivity contribution in [1.29, 1.82) is 0 Å². The molecule has 0 radical (unpaired) electrons. The molecule has 2 heterocycles. The smallest absolute Gasteiger partial charge is 0.290 e. The summed E-state index contributed by atoms with van der Waals surface area (Å²) in [5.74, 6) is 0.195. The Morgan fingerprint density at radius 3 is 2.77 bits per heavy atom. The number of H-pyrrole nitrogens is 1. The molecule has 8 heteroatoms. The first-order valence-electron chi connectivity index (χ1n) is 8.97. The van der Waals surface area contributed by atoms with E-state index in [9.17, 15) is 9.59 Å². The van der Waals surface area contributed by atoms with Gasteiger partial charge in [-0.25, -0.2) is 9.67 Å². The molecule has 0 aliphatic heterocycles. The minimum atomic E-state index is -0.258. The third kappa shape index (κ3) is 4.30. The summed E-state index contributed by atoms with van der Waals surface area (Å²) in [6.07, 6.45) is 6.06. The Hall–Kier alpha value is -2.64. The van der Waals surface area contributed by atoms with Crippen molar-refractivity contribution in [2.45, 2.75) is 51.6 Å². The van der Waals surface area contributed by atoms with Crippen molar-refractivity contribution < 1.29 is 9.59 Å². The Balaban J connectivity index is 1.45. The number of nitrogens with one attached hydrogen (secondary N) is 3. The highest BCUT2D eigenvalue weighted by Crippen LogP contribution is 2.25. The number of carbonyl (C=O) groups is 2. The molecule has 3 rings (SSSR count). The van der Waals surface area contributed by atoms with Gasteiger partial charge in [0.05, 0.1) is 5.54 Å². The molecule has 2 unspecified atom stereocenters. The first kappa shape index (κ1) is 18.2. The first-order valence-corrected chi connectivity index (χ1v) is 8.97. The molecule has 8 nitrogen and oxygen atoms in total. The Morgan fingerprint density at radius 2 is 2.12 bits per heavy atom. The number of rotatable bonds is 5. The highest BCUT2D eigenvalue weighted by atomic mass is 16.2. The molecule has 2 aromatic heterocycles. The maximum atomic E-state index is 12.2. The second kappa shape index (κ2) is 7.31. The predicted molar refractivity (Wildman–Crippen MR) is 96.7 cm³/mol. The van der Waals surface area contributed by atoms with Crippen molar-refractivity contribution in [3.05, 3.63) is 36.2 Å². The summed E-state index contributed by atoms with van der Waals surface area (Å²) in [7, 11) is 0. The van der Waals surface area contributed by atoms with E-state index in [1.165, 1.54) is 0 Å². The Kier molecular flexibility index (Phi) is 5.11. The zero-order chi connectivity index (χ0) is 18.7. The molecule has 2 amide bonds. The van der Waals surface area contributed by atoms with Crippen LogP contribution in [0, 0.1) is 5.92 Å². The van der Waals surface area contributed by atoms with Crippen LogP contribution in [0.15, 0.2) is 24.7 Å². The van der Waals surface area contributed by atoms with Crippen molar-refractivity contribution in [3.8, 4) is 0 Å². The van der Waals surface area contributed by atoms with Crippen LogP contribution in [0.2, 0.25) is 0 Å². The second-order valence-corrected chi connectivity index (χ2v) is 7.83. The van der Waals surface area contributed by atoms with Crippen LogP contribution < -0.4 is 10.6 Å². The monoisotopic (exact) mass is 358 g/mol. The molecular weight excluding hydrogens is 332 g/mol. The fourth-order valence-electron chi connectivity index (χ4n) is 3.13. The van der Waals surface area contributed by atoms with Crippen LogP contribution in [0.5, 0.6) is 0 Å². The van der Waals surface area contributed by atoms with E-state index in [-0.39, 0.29) is 29.2 Å². The summed E-state index contributed by atoms with van der Waals surface area (Å²) in [5.41, 5.74) is 0.365. The minimum Gasteiger partial charge on any atom is -0.357 e. The topological polar surface area (TPSA) is 105 Å². The average Bonchev–Trinajstić information content (AvgIpc) is 3.31. The Morgan fingerprint density at radius 1 is 1.31 bits per heavy atom. The number of nitrogens with zero attached hydrogens (tertiary/aromatic N) is 3. The van der Waals surface area contributed by atoms with E-state index < -0.39 is 0 Å². The molecule has 3 N–H and O–H groups in total. The maximum Gasteiger partial charge on any atom is 0.290 e. The molecule has 0 aromatic carbocycles. The fourth-order valence-corrected chi connectivity index (χ4v) is 3.13. The van der Waals surface area contributed by atoms with Crippen LogP contribution in [-0.2, 0) is 5.54 Å². The average molecular weight is 358 g/mol. The van der Waals surface area contributed by atoms with E-state index >= 15 is 0 Å². The van der Waals surface area contributed by atoms with Crippen LogP contribution in [0.1, 0.15) is 61.1 Å².